The fourth-order valence-electron chi connectivity index (χ4n) is 4.50. The van der Waals surface area contributed by atoms with Crippen molar-refractivity contribution in [2.45, 2.75) is 25.3 Å². The molecule has 3 atom stereocenters. The molecule has 2 aliphatic heterocycles. The topological polar surface area (TPSA) is 85.3 Å². The number of imide groups is 1. The number of anilines is 1. The van der Waals surface area contributed by atoms with Crippen molar-refractivity contribution in [3.63, 3.8) is 0 Å². The van der Waals surface area contributed by atoms with Crippen LogP contribution in [0.4, 0.5) is 18.9 Å². The Morgan fingerprint density at radius 1 is 0.971 bits per heavy atom. The van der Waals surface area contributed by atoms with Crippen molar-refractivity contribution in [1.82, 2.24) is 0 Å². The standard InChI is InChI=1S/C23H22F3N2O5P/c1-3-32-34(31,33-4-2)22(15-8-6-5-7-9-15)19-18(14-27-22)20(29)28(21(19)30)17-12-10-16(11-13-17)23(24,25)26/h5-14,18-19H,3-4H2,1-2H3/t18-,19+,22+/m1/s1. The molecule has 0 bridgehead atoms. The van der Waals surface area contributed by atoms with Gasteiger partial charge >= 0.3 is 13.8 Å². The van der Waals surface area contributed by atoms with Gasteiger partial charge in [0.15, 0.2) is 5.28 Å². The predicted octanol–water partition coefficient (Wildman–Crippen LogP) is 5.01. The largest absolute Gasteiger partial charge is 0.416 e. The second-order valence-corrected chi connectivity index (χ2v) is 9.96. The number of amides is 2. The minimum Gasteiger partial charge on any atom is -0.307 e. The van der Waals surface area contributed by atoms with E-state index in [-0.39, 0.29) is 18.9 Å². The minimum atomic E-state index is -4.56. The van der Waals surface area contributed by atoms with Crippen LogP contribution in [0.25, 0.3) is 0 Å². The summed E-state index contributed by atoms with van der Waals surface area (Å²) >= 11 is 0. The molecule has 7 nitrogen and oxygen atoms in total. The molecule has 0 aliphatic carbocycles. The van der Waals surface area contributed by atoms with Crippen molar-refractivity contribution in [3.05, 3.63) is 65.7 Å². The highest BCUT2D eigenvalue weighted by Gasteiger charge is 2.69. The smallest absolute Gasteiger partial charge is 0.307 e. The highest BCUT2D eigenvalue weighted by molar-refractivity contribution is 7.55. The number of benzene rings is 2. The SMILES string of the molecule is CCOP(=O)(OCC)[C@]1(c2ccccc2)N=C[C@H]2C(=O)N(c3ccc(C(F)(F)F)cc3)C(=O)[C@H]21. The number of aliphatic imine (C=N–C) groups is 1. The number of hydrogen-bond donors (Lipinski definition) is 0. The molecule has 2 heterocycles. The van der Waals surface area contributed by atoms with E-state index in [1.807, 2.05) is 0 Å². The fourth-order valence-corrected chi connectivity index (χ4v) is 6.94. The molecular formula is C23H22F3N2O5P. The Hall–Kier alpha value is -2.81. The third kappa shape index (κ3) is 3.61. The highest BCUT2D eigenvalue weighted by Crippen LogP contribution is 2.72. The molecule has 11 heteroatoms. The van der Waals surface area contributed by atoms with Gasteiger partial charge in [-0.1, -0.05) is 30.3 Å². The second kappa shape index (κ2) is 8.76. The van der Waals surface area contributed by atoms with Gasteiger partial charge in [-0.25, -0.2) is 4.90 Å². The summed E-state index contributed by atoms with van der Waals surface area (Å²) < 4.78 is 64.3. The summed E-state index contributed by atoms with van der Waals surface area (Å²) in [7, 11) is -4.15. The van der Waals surface area contributed by atoms with E-state index in [0.29, 0.717) is 5.56 Å². The van der Waals surface area contributed by atoms with Crippen molar-refractivity contribution in [2.24, 2.45) is 16.8 Å². The number of rotatable bonds is 7. The number of fused-ring (bicyclic) bond motifs is 1. The second-order valence-electron chi connectivity index (χ2n) is 7.76. The number of alkyl halides is 3. The molecule has 2 aromatic carbocycles. The summed E-state index contributed by atoms with van der Waals surface area (Å²) in [6, 6.07) is 12.1. The van der Waals surface area contributed by atoms with E-state index in [2.05, 4.69) is 4.99 Å². The maximum atomic E-state index is 14.2. The molecular weight excluding hydrogens is 472 g/mol. The van der Waals surface area contributed by atoms with E-state index in [9.17, 15) is 27.3 Å². The van der Waals surface area contributed by atoms with Crippen LogP contribution < -0.4 is 4.90 Å². The minimum absolute atomic E-state index is 0.00350. The predicted molar refractivity (Wildman–Crippen MR) is 118 cm³/mol. The molecule has 180 valence electrons. The zero-order valence-corrected chi connectivity index (χ0v) is 19.3. The van der Waals surface area contributed by atoms with Crippen molar-refractivity contribution in [3.8, 4) is 0 Å². The molecule has 0 saturated carbocycles. The fraction of sp³-hybridized carbons (Fsp3) is 0.348. The Labute approximate surface area is 194 Å². The molecule has 2 aliphatic rings. The Morgan fingerprint density at radius 2 is 1.56 bits per heavy atom. The van der Waals surface area contributed by atoms with E-state index in [4.69, 9.17) is 9.05 Å². The first-order valence-electron chi connectivity index (χ1n) is 10.7. The maximum Gasteiger partial charge on any atom is 0.416 e. The van der Waals surface area contributed by atoms with Crippen LogP contribution in [-0.4, -0.2) is 31.2 Å². The van der Waals surface area contributed by atoms with Gasteiger partial charge in [0.05, 0.1) is 36.3 Å². The van der Waals surface area contributed by atoms with Crippen molar-refractivity contribution in [1.29, 1.82) is 0 Å². The lowest BCUT2D eigenvalue weighted by molar-refractivity contribution is -0.137. The summed E-state index contributed by atoms with van der Waals surface area (Å²) in [5.74, 6) is -3.75. The lowest BCUT2D eigenvalue weighted by atomic mass is 9.87. The molecule has 0 aromatic heterocycles. The third-order valence-corrected chi connectivity index (χ3v) is 8.57. The summed E-state index contributed by atoms with van der Waals surface area (Å²) in [6.45, 7) is 3.25. The molecule has 34 heavy (non-hydrogen) atoms. The van der Waals surface area contributed by atoms with Gasteiger partial charge < -0.3 is 9.05 Å². The molecule has 0 spiro atoms. The van der Waals surface area contributed by atoms with Crippen molar-refractivity contribution in [2.75, 3.05) is 18.1 Å². The van der Waals surface area contributed by atoms with Gasteiger partial charge in [-0.15, -0.1) is 0 Å². The van der Waals surface area contributed by atoms with Crippen LogP contribution >= 0.6 is 7.60 Å². The van der Waals surface area contributed by atoms with Gasteiger partial charge in [-0.2, -0.15) is 13.2 Å². The lowest BCUT2D eigenvalue weighted by Crippen LogP contribution is -2.40. The van der Waals surface area contributed by atoms with Crippen LogP contribution in [0, 0.1) is 11.8 Å². The van der Waals surface area contributed by atoms with Crippen LogP contribution in [0.2, 0.25) is 0 Å². The van der Waals surface area contributed by atoms with E-state index >= 15 is 0 Å². The van der Waals surface area contributed by atoms with Crippen LogP contribution in [0.5, 0.6) is 0 Å². The van der Waals surface area contributed by atoms with Gasteiger partial charge in [0.25, 0.3) is 0 Å². The average molecular weight is 494 g/mol. The first-order valence-corrected chi connectivity index (χ1v) is 12.2. The van der Waals surface area contributed by atoms with Gasteiger partial charge in [-0.05, 0) is 43.7 Å². The maximum absolute atomic E-state index is 14.2. The Kier molecular flexibility index (Phi) is 6.27. The highest BCUT2D eigenvalue weighted by atomic mass is 31.2. The zero-order chi connectivity index (χ0) is 24.7. The van der Waals surface area contributed by atoms with E-state index in [1.54, 1.807) is 44.2 Å². The zero-order valence-electron chi connectivity index (χ0n) is 18.4. The van der Waals surface area contributed by atoms with Crippen LogP contribution in [0.3, 0.4) is 0 Å². The quantitative estimate of drug-likeness (QED) is 0.399. The molecule has 2 amide bonds. The van der Waals surface area contributed by atoms with E-state index < -0.39 is 48.3 Å². The van der Waals surface area contributed by atoms with Crippen molar-refractivity contribution >= 4 is 31.3 Å². The van der Waals surface area contributed by atoms with Crippen LogP contribution in [0.15, 0.2) is 59.6 Å². The summed E-state index contributed by atoms with van der Waals surface area (Å²) in [4.78, 5) is 32.2. The number of carbonyl (C=O) groups excluding carboxylic acids is 2. The molecule has 4 rings (SSSR count). The Bertz CT molecular complexity index is 1160. The first kappa shape index (κ1) is 24.3. The summed E-state index contributed by atoms with van der Waals surface area (Å²) in [5.41, 5.74) is -0.553. The lowest BCUT2D eigenvalue weighted by Gasteiger charge is -2.37. The molecule has 0 unspecified atom stereocenters. The Balaban J connectivity index is 1.84. The Morgan fingerprint density at radius 3 is 2.09 bits per heavy atom. The van der Waals surface area contributed by atoms with E-state index in [1.165, 1.54) is 6.21 Å². The number of carbonyl (C=O) groups is 2. The first-order chi connectivity index (χ1) is 16.1. The van der Waals surface area contributed by atoms with Gasteiger partial charge in [-0.3, -0.25) is 19.1 Å². The summed E-state index contributed by atoms with van der Waals surface area (Å²) in [6.07, 6.45) is -3.29. The van der Waals surface area contributed by atoms with Crippen LogP contribution in [-0.2, 0) is 34.7 Å². The molecule has 1 fully saturated rings. The monoisotopic (exact) mass is 494 g/mol. The third-order valence-electron chi connectivity index (χ3n) is 5.88. The van der Waals surface area contributed by atoms with Gasteiger partial charge in [0, 0.05) is 6.21 Å². The normalized spacial score (nSPS) is 24.7. The molecule has 1 saturated heterocycles. The summed E-state index contributed by atoms with van der Waals surface area (Å²) in [5, 5.41) is -1.82. The number of nitrogens with zero attached hydrogens (tertiary/aromatic N) is 2. The molecule has 2 aromatic rings. The molecule has 0 N–H and O–H groups in total. The number of halogens is 3. The van der Waals surface area contributed by atoms with Crippen molar-refractivity contribution < 1.29 is 36.4 Å². The average Bonchev–Trinajstić information content (AvgIpc) is 3.32. The number of hydrogen-bond acceptors (Lipinski definition) is 6. The van der Waals surface area contributed by atoms with Gasteiger partial charge in [0.2, 0.25) is 11.8 Å². The van der Waals surface area contributed by atoms with E-state index in [0.717, 1.165) is 29.2 Å². The molecule has 0 radical (unpaired) electrons. The van der Waals surface area contributed by atoms with Gasteiger partial charge in [0.1, 0.15) is 0 Å². The van der Waals surface area contributed by atoms with Crippen LogP contribution in [0.1, 0.15) is 25.0 Å².